The highest BCUT2D eigenvalue weighted by Crippen LogP contribution is 2.21. The van der Waals surface area contributed by atoms with Crippen molar-refractivity contribution >= 4 is 45.4 Å². The summed E-state index contributed by atoms with van der Waals surface area (Å²) in [6.45, 7) is 0.582. The van der Waals surface area contributed by atoms with Gasteiger partial charge in [0, 0.05) is 11.0 Å². The highest BCUT2D eigenvalue weighted by atomic mass is 79.9. The summed E-state index contributed by atoms with van der Waals surface area (Å²) in [6, 6.07) is 4.32. The van der Waals surface area contributed by atoms with Gasteiger partial charge in [0.2, 0.25) is 0 Å². The lowest BCUT2D eigenvalue weighted by Gasteiger charge is -2.10. The van der Waals surface area contributed by atoms with E-state index in [1.165, 1.54) is 6.07 Å². The number of nitrogens with one attached hydrogen (secondary N) is 2. The van der Waals surface area contributed by atoms with Crippen LogP contribution >= 0.6 is 27.7 Å². The van der Waals surface area contributed by atoms with Crippen molar-refractivity contribution in [2.24, 2.45) is 0 Å². The zero-order valence-electron chi connectivity index (χ0n) is 11.8. The van der Waals surface area contributed by atoms with Crippen molar-refractivity contribution in [3.8, 4) is 0 Å². The summed E-state index contributed by atoms with van der Waals surface area (Å²) in [5.41, 5.74) is 0.338. The first kappa shape index (κ1) is 17.8. The normalized spacial score (nSPS) is 10.2. The maximum Gasteiger partial charge on any atom is 0.337 e. The Bertz CT molecular complexity index is 497. The molecule has 3 N–H and O–H groups in total. The van der Waals surface area contributed by atoms with E-state index < -0.39 is 5.97 Å². The Balaban J connectivity index is 2.43. The molecular weight excluding hydrogens is 356 g/mol. The number of thioether (sulfide) groups is 1. The lowest BCUT2D eigenvalue weighted by atomic mass is 10.2. The van der Waals surface area contributed by atoms with Gasteiger partial charge in [0.05, 0.1) is 11.3 Å². The van der Waals surface area contributed by atoms with Crippen LogP contribution in [-0.4, -0.2) is 35.7 Å². The van der Waals surface area contributed by atoms with E-state index in [9.17, 15) is 9.59 Å². The number of anilines is 1. The molecule has 0 bridgehead atoms. The van der Waals surface area contributed by atoms with Gasteiger partial charge in [-0.15, -0.1) is 0 Å². The van der Waals surface area contributed by atoms with Crippen molar-refractivity contribution in [3.63, 3.8) is 0 Å². The Kier molecular flexibility index (Phi) is 8.22. The molecule has 7 heteroatoms. The number of halogens is 1. The number of urea groups is 1. The maximum absolute atomic E-state index is 11.7. The third kappa shape index (κ3) is 6.86. The molecule has 0 atom stereocenters. The fourth-order valence-corrected chi connectivity index (χ4v) is 2.57. The number of unbranched alkanes of at least 4 members (excludes halogenated alkanes) is 2. The van der Waals surface area contributed by atoms with Crippen molar-refractivity contribution in [3.05, 3.63) is 28.2 Å². The molecule has 1 aromatic rings. The third-order valence-corrected chi connectivity index (χ3v) is 3.96. The molecule has 0 aliphatic rings. The first-order valence-electron chi connectivity index (χ1n) is 6.61. The summed E-state index contributed by atoms with van der Waals surface area (Å²) >= 11 is 5.02. The highest BCUT2D eigenvalue weighted by Gasteiger charge is 2.12. The molecule has 5 nitrogen and oxygen atoms in total. The van der Waals surface area contributed by atoms with Crippen molar-refractivity contribution in [1.82, 2.24) is 5.32 Å². The summed E-state index contributed by atoms with van der Waals surface area (Å²) in [4.78, 5) is 22.9. The largest absolute Gasteiger partial charge is 0.478 e. The van der Waals surface area contributed by atoms with E-state index in [1.54, 1.807) is 12.1 Å². The molecule has 116 valence electrons. The predicted molar refractivity (Wildman–Crippen MR) is 90.4 cm³/mol. The van der Waals surface area contributed by atoms with E-state index in [0.717, 1.165) is 25.0 Å². The summed E-state index contributed by atoms with van der Waals surface area (Å²) < 4.78 is 0.652. The van der Waals surface area contributed by atoms with E-state index in [2.05, 4.69) is 32.8 Å². The SMILES string of the molecule is CSCCCCCNC(=O)Nc1ccc(Br)cc1C(=O)O. The molecule has 0 aliphatic carbocycles. The Hall–Kier alpha value is -1.21. The molecule has 0 saturated heterocycles. The lowest BCUT2D eigenvalue weighted by molar-refractivity contribution is 0.0698. The molecule has 0 aliphatic heterocycles. The fraction of sp³-hybridized carbons (Fsp3) is 0.429. The van der Waals surface area contributed by atoms with E-state index in [4.69, 9.17) is 5.11 Å². The van der Waals surface area contributed by atoms with Crippen LogP contribution in [0.3, 0.4) is 0 Å². The number of benzene rings is 1. The number of carbonyl (C=O) groups is 2. The van der Waals surface area contributed by atoms with Crippen molar-refractivity contribution in [2.45, 2.75) is 19.3 Å². The summed E-state index contributed by atoms with van der Waals surface area (Å²) in [5, 5.41) is 14.4. The molecule has 0 radical (unpaired) electrons. The molecule has 2 amide bonds. The number of aromatic carboxylic acids is 1. The number of hydrogen-bond acceptors (Lipinski definition) is 3. The Labute approximate surface area is 137 Å². The van der Waals surface area contributed by atoms with Gasteiger partial charge in [-0.05, 0) is 43.0 Å². The minimum Gasteiger partial charge on any atom is -0.478 e. The summed E-state index contributed by atoms with van der Waals surface area (Å²) in [6.07, 6.45) is 5.20. The standard InChI is InChI=1S/C14H19BrN2O3S/c1-21-8-4-2-3-7-16-14(20)17-12-6-5-10(15)9-11(12)13(18)19/h5-6,9H,2-4,7-8H2,1H3,(H,18,19)(H2,16,17,20). The molecular formula is C14H19BrN2O3S. The first-order chi connectivity index (χ1) is 10.0. The average Bonchev–Trinajstić information content (AvgIpc) is 2.44. The van der Waals surface area contributed by atoms with E-state index >= 15 is 0 Å². The fourth-order valence-electron chi connectivity index (χ4n) is 1.72. The van der Waals surface area contributed by atoms with Crippen LogP contribution in [0, 0.1) is 0 Å². The predicted octanol–water partition coefficient (Wildman–Crippen LogP) is 3.80. The van der Waals surface area contributed by atoms with Crippen molar-refractivity contribution in [1.29, 1.82) is 0 Å². The van der Waals surface area contributed by atoms with Crippen LogP contribution in [-0.2, 0) is 0 Å². The van der Waals surface area contributed by atoms with Crippen LogP contribution in [0.25, 0.3) is 0 Å². The van der Waals surface area contributed by atoms with E-state index in [0.29, 0.717) is 11.0 Å². The molecule has 0 unspecified atom stereocenters. The van der Waals surface area contributed by atoms with Gasteiger partial charge in [-0.25, -0.2) is 9.59 Å². The van der Waals surface area contributed by atoms with E-state index in [-0.39, 0.29) is 17.3 Å². The van der Waals surface area contributed by atoms with Crippen LogP contribution < -0.4 is 10.6 Å². The highest BCUT2D eigenvalue weighted by molar-refractivity contribution is 9.10. The number of carboxylic acids is 1. The van der Waals surface area contributed by atoms with Crippen LogP contribution in [0.5, 0.6) is 0 Å². The Morgan fingerprint density at radius 1 is 1.29 bits per heavy atom. The van der Waals surface area contributed by atoms with Crippen LogP contribution in [0.4, 0.5) is 10.5 Å². The van der Waals surface area contributed by atoms with Gasteiger partial charge in [0.25, 0.3) is 0 Å². The van der Waals surface area contributed by atoms with Gasteiger partial charge in [-0.1, -0.05) is 22.4 Å². The van der Waals surface area contributed by atoms with Gasteiger partial charge in [0.15, 0.2) is 0 Å². The lowest BCUT2D eigenvalue weighted by Crippen LogP contribution is -2.30. The third-order valence-electron chi connectivity index (χ3n) is 2.77. The first-order valence-corrected chi connectivity index (χ1v) is 8.80. The van der Waals surface area contributed by atoms with Crippen LogP contribution in [0.1, 0.15) is 29.6 Å². The molecule has 1 rings (SSSR count). The molecule has 0 saturated carbocycles. The Morgan fingerprint density at radius 3 is 2.71 bits per heavy atom. The molecule has 0 fully saturated rings. The van der Waals surface area contributed by atoms with Crippen molar-refractivity contribution < 1.29 is 14.7 Å². The molecule has 0 spiro atoms. The van der Waals surface area contributed by atoms with E-state index in [1.807, 2.05) is 11.8 Å². The second kappa shape index (κ2) is 9.68. The van der Waals surface area contributed by atoms with Gasteiger partial charge in [0.1, 0.15) is 0 Å². The average molecular weight is 375 g/mol. The monoisotopic (exact) mass is 374 g/mol. The number of amides is 2. The maximum atomic E-state index is 11.7. The topological polar surface area (TPSA) is 78.4 Å². The van der Waals surface area contributed by atoms with Gasteiger partial charge in [-0.3, -0.25) is 0 Å². The second-order valence-electron chi connectivity index (χ2n) is 4.43. The molecule has 0 aromatic heterocycles. The van der Waals surface area contributed by atoms with Gasteiger partial charge in [-0.2, -0.15) is 11.8 Å². The zero-order valence-corrected chi connectivity index (χ0v) is 14.2. The minimum absolute atomic E-state index is 0.0551. The number of carbonyl (C=O) groups excluding carboxylic acids is 1. The zero-order chi connectivity index (χ0) is 15.7. The smallest absolute Gasteiger partial charge is 0.337 e. The van der Waals surface area contributed by atoms with Crippen LogP contribution in [0.2, 0.25) is 0 Å². The summed E-state index contributed by atoms with van der Waals surface area (Å²) in [5.74, 6) is 0.0521. The second-order valence-corrected chi connectivity index (χ2v) is 6.33. The number of rotatable bonds is 8. The molecule has 0 heterocycles. The van der Waals surface area contributed by atoms with Gasteiger partial charge < -0.3 is 15.7 Å². The Morgan fingerprint density at radius 2 is 2.05 bits per heavy atom. The number of hydrogen-bond donors (Lipinski definition) is 3. The van der Waals surface area contributed by atoms with Crippen molar-refractivity contribution in [2.75, 3.05) is 23.9 Å². The van der Waals surface area contributed by atoms with Gasteiger partial charge >= 0.3 is 12.0 Å². The molecule has 21 heavy (non-hydrogen) atoms. The minimum atomic E-state index is -1.08. The quantitative estimate of drug-likeness (QED) is 0.604. The summed E-state index contributed by atoms with van der Waals surface area (Å²) in [7, 11) is 0. The number of carboxylic acid groups (broad SMARTS) is 1. The van der Waals surface area contributed by atoms with Crippen LogP contribution in [0.15, 0.2) is 22.7 Å². The molecule has 1 aromatic carbocycles.